The summed E-state index contributed by atoms with van der Waals surface area (Å²) in [5.41, 5.74) is 3.55. The van der Waals surface area contributed by atoms with Crippen molar-refractivity contribution in [3.63, 3.8) is 0 Å². The topological polar surface area (TPSA) is 50.5 Å². The van der Waals surface area contributed by atoms with Crippen LogP contribution in [-0.4, -0.2) is 59.8 Å². The Morgan fingerprint density at radius 2 is 1.96 bits per heavy atom. The van der Waals surface area contributed by atoms with Crippen LogP contribution in [0.25, 0.3) is 21.3 Å². The van der Waals surface area contributed by atoms with E-state index in [1.807, 2.05) is 4.90 Å². The van der Waals surface area contributed by atoms with Crippen LogP contribution in [0.2, 0.25) is 0 Å². The molecule has 1 fully saturated rings. The molecule has 1 saturated heterocycles. The predicted molar refractivity (Wildman–Crippen MR) is 112 cm³/mol. The maximum atomic E-state index is 12.6. The average Bonchev–Trinajstić information content (AvgIpc) is 3.12. The van der Waals surface area contributed by atoms with Crippen LogP contribution >= 0.6 is 23.1 Å². The van der Waals surface area contributed by atoms with E-state index in [2.05, 4.69) is 53.6 Å². The molecule has 140 valence electrons. The molecule has 5 nitrogen and oxygen atoms in total. The summed E-state index contributed by atoms with van der Waals surface area (Å²) in [4.78, 5) is 26.0. The maximum Gasteiger partial charge on any atom is 0.233 e. The minimum atomic E-state index is 0.200. The number of likely N-dealkylation sites (N-methyl/N-ethyl adjacent to an activating group) is 1. The molecule has 4 rings (SSSR count). The molecule has 1 aliphatic heterocycles. The van der Waals surface area contributed by atoms with E-state index >= 15 is 0 Å². The number of piperazine rings is 1. The fourth-order valence-corrected chi connectivity index (χ4v) is 5.16. The molecule has 0 spiro atoms. The zero-order valence-electron chi connectivity index (χ0n) is 15.6. The molecule has 1 amide bonds. The summed E-state index contributed by atoms with van der Waals surface area (Å²) in [5.74, 6) is 0.625. The highest BCUT2D eigenvalue weighted by atomic mass is 32.2. The second kappa shape index (κ2) is 7.96. The molecule has 0 radical (unpaired) electrons. The molecule has 0 bridgehead atoms. The molecular weight excluding hydrogens is 376 g/mol. The third kappa shape index (κ3) is 4.00. The Morgan fingerprint density at radius 3 is 2.70 bits per heavy atom. The van der Waals surface area contributed by atoms with Gasteiger partial charge in [0, 0.05) is 10.9 Å². The fraction of sp³-hybridized carbons (Fsp3) is 0.350. The number of amides is 1. The van der Waals surface area contributed by atoms with Crippen molar-refractivity contribution in [3.05, 3.63) is 41.5 Å². The summed E-state index contributed by atoms with van der Waals surface area (Å²) in [7, 11) is 2.18. The molecule has 0 aliphatic carbocycles. The summed E-state index contributed by atoms with van der Waals surface area (Å²) in [6.07, 6.45) is 1.60. The Morgan fingerprint density at radius 1 is 1.22 bits per heavy atom. The van der Waals surface area contributed by atoms with E-state index in [1.54, 1.807) is 17.7 Å². The third-order valence-electron chi connectivity index (χ3n) is 5.00. The van der Waals surface area contributed by atoms with Gasteiger partial charge in [-0.3, -0.25) is 4.79 Å². The van der Waals surface area contributed by atoms with Gasteiger partial charge in [-0.25, -0.2) is 9.97 Å². The van der Waals surface area contributed by atoms with E-state index in [4.69, 9.17) is 0 Å². The monoisotopic (exact) mass is 399 g/mol. The molecule has 2 aromatic heterocycles. The summed E-state index contributed by atoms with van der Waals surface area (Å²) in [6.45, 7) is 5.83. The van der Waals surface area contributed by atoms with Crippen molar-refractivity contribution in [2.24, 2.45) is 0 Å². The smallest absolute Gasteiger partial charge is 0.233 e. The second-order valence-corrected chi connectivity index (χ2v) is 8.82. The first-order valence-electron chi connectivity index (χ1n) is 9.13. The number of aryl methyl sites for hydroxylation is 1. The Bertz CT molecular complexity index is 946. The molecule has 27 heavy (non-hydrogen) atoms. The molecular formula is C20H23N4OS2+. The quantitative estimate of drug-likeness (QED) is 0.539. The Balaban J connectivity index is 1.56. The van der Waals surface area contributed by atoms with Crippen molar-refractivity contribution in [3.8, 4) is 11.1 Å². The van der Waals surface area contributed by atoms with Gasteiger partial charge in [-0.15, -0.1) is 11.3 Å². The highest BCUT2D eigenvalue weighted by Gasteiger charge is 2.22. The standard InChI is InChI=1S/C20H22N4OS2/c1-14-3-5-15(6-4-14)16-11-26-19-18(16)20(22-13-21-19)27-12-17(25)24-9-7-23(2)8-10-24/h3-6,11,13H,7-10,12H2,1-2H3/p+1. The lowest BCUT2D eigenvalue weighted by Crippen LogP contribution is -3.12. The van der Waals surface area contributed by atoms with Gasteiger partial charge in [0.15, 0.2) is 0 Å². The van der Waals surface area contributed by atoms with E-state index in [-0.39, 0.29) is 5.91 Å². The van der Waals surface area contributed by atoms with Crippen LogP contribution in [0.4, 0.5) is 0 Å². The molecule has 1 aromatic carbocycles. The van der Waals surface area contributed by atoms with E-state index in [1.165, 1.54) is 22.2 Å². The van der Waals surface area contributed by atoms with E-state index < -0.39 is 0 Å². The van der Waals surface area contributed by atoms with Crippen LogP contribution < -0.4 is 4.90 Å². The van der Waals surface area contributed by atoms with Gasteiger partial charge in [0.1, 0.15) is 16.2 Å². The van der Waals surface area contributed by atoms with E-state index in [0.29, 0.717) is 5.75 Å². The molecule has 3 aromatic rings. The van der Waals surface area contributed by atoms with Gasteiger partial charge in [0.2, 0.25) is 5.91 Å². The largest absolute Gasteiger partial charge is 0.334 e. The molecule has 0 atom stereocenters. The Hall–Kier alpha value is -1.96. The Kier molecular flexibility index (Phi) is 5.43. The molecule has 0 saturated carbocycles. The number of nitrogens with zero attached hydrogens (tertiary/aromatic N) is 3. The third-order valence-corrected chi connectivity index (χ3v) is 6.86. The Labute approximate surface area is 167 Å². The molecule has 1 aliphatic rings. The number of benzene rings is 1. The minimum absolute atomic E-state index is 0.200. The molecule has 3 heterocycles. The fourth-order valence-electron chi connectivity index (χ4n) is 3.26. The van der Waals surface area contributed by atoms with Crippen molar-refractivity contribution in [1.82, 2.24) is 14.9 Å². The highest BCUT2D eigenvalue weighted by molar-refractivity contribution is 8.00. The first kappa shape index (κ1) is 18.4. The lowest BCUT2D eigenvalue weighted by molar-refractivity contribution is -0.883. The highest BCUT2D eigenvalue weighted by Crippen LogP contribution is 2.37. The van der Waals surface area contributed by atoms with Crippen molar-refractivity contribution >= 4 is 39.2 Å². The number of aromatic nitrogens is 2. The summed E-state index contributed by atoms with van der Waals surface area (Å²) >= 11 is 3.15. The molecule has 1 N–H and O–H groups in total. The summed E-state index contributed by atoms with van der Waals surface area (Å²) in [6, 6.07) is 8.51. The first-order valence-corrected chi connectivity index (χ1v) is 11.0. The number of rotatable bonds is 4. The second-order valence-electron chi connectivity index (χ2n) is 7.00. The van der Waals surface area contributed by atoms with Gasteiger partial charge < -0.3 is 9.80 Å². The normalized spacial score (nSPS) is 15.4. The van der Waals surface area contributed by atoms with Gasteiger partial charge in [-0.1, -0.05) is 41.6 Å². The number of quaternary nitrogens is 1. The number of hydrogen-bond donors (Lipinski definition) is 1. The summed E-state index contributed by atoms with van der Waals surface area (Å²) in [5, 5.41) is 4.09. The number of carbonyl (C=O) groups is 1. The lowest BCUT2D eigenvalue weighted by Gasteiger charge is -2.30. The van der Waals surface area contributed by atoms with Gasteiger partial charge in [-0.05, 0) is 12.5 Å². The number of thioether (sulfide) groups is 1. The summed E-state index contributed by atoms with van der Waals surface area (Å²) < 4.78 is 0. The van der Waals surface area contributed by atoms with Crippen LogP contribution in [0.15, 0.2) is 41.0 Å². The predicted octanol–water partition coefficient (Wildman–Crippen LogP) is 2.12. The van der Waals surface area contributed by atoms with Crippen LogP contribution in [-0.2, 0) is 4.79 Å². The number of thiophene rings is 1. The minimum Gasteiger partial charge on any atom is -0.334 e. The number of nitrogens with one attached hydrogen (secondary N) is 1. The van der Waals surface area contributed by atoms with Crippen LogP contribution in [0.1, 0.15) is 5.56 Å². The van der Waals surface area contributed by atoms with E-state index in [9.17, 15) is 4.79 Å². The van der Waals surface area contributed by atoms with Crippen LogP contribution in [0.5, 0.6) is 0 Å². The van der Waals surface area contributed by atoms with Crippen LogP contribution in [0.3, 0.4) is 0 Å². The van der Waals surface area contributed by atoms with Gasteiger partial charge in [0.05, 0.1) is 44.4 Å². The lowest BCUT2D eigenvalue weighted by atomic mass is 10.1. The number of hydrogen-bond acceptors (Lipinski definition) is 5. The van der Waals surface area contributed by atoms with Gasteiger partial charge in [0.25, 0.3) is 0 Å². The van der Waals surface area contributed by atoms with Crippen molar-refractivity contribution in [2.45, 2.75) is 11.9 Å². The first-order chi connectivity index (χ1) is 13.1. The van der Waals surface area contributed by atoms with Crippen LogP contribution in [0, 0.1) is 6.92 Å². The van der Waals surface area contributed by atoms with E-state index in [0.717, 1.165) is 52.5 Å². The number of fused-ring (bicyclic) bond motifs is 1. The molecule has 0 unspecified atom stereocenters. The number of carbonyl (C=O) groups excluding carboxylic acids is 1. The van der Waals surface area contributed by atoms with Gasteiger partial charge in [-0.2, -0.15) is 0 Å². The zero-order chi connectivity index (χ0) is 18.8. The van der Waals surface area contributed by atoms with Crippen molar-refractivity contribution < 1.29 is 9.69 Å². The molecule has 7 heteroatoms. The van der Waals surface area contributed by atoms with Crippen molar-refractivity contribution in [1.29, 1.82) is 0 Å². The maximum absolute atomic E-state index is 12.6. The SMILES string of the molecule is Cc1ccc(-c2csc3ncnc(SCC(=O)N4CC[NH+](C)CC4)c23)cc1. The van der Waals surface area contributed by atoms with Gasteiger partial charge >= 0.3 is 0 Å². The average molecular weight is 400 g/mol. The van der Waals surface area contributed by atoms with Crippen molar-refractivity contribution in [2.75, 3.05) is 39.0 Å². The zero-order valence-corrected chi connectivity index (χ0v) is 17.2.